The molecule has 0 aromatic carbocycles. The predicted molar refractivity (Wildman–Crippen MR) is 42.0 cm³/mol. The zero-order valence-corrected chi connectivity index (χ0v) is 6.17. The van der Waals surface area contributed by atoms with Crippen LogP contribution in [0.1, 0.15) is 0 Å². The first-order valence-electron chi connectivity index (χ1n) is 3.04. The van der Waals surface area contributed by atoms with Gasteiger partial charge < -0.3 is 10.2 Å². The van der Waals surface area contributed by atoms with Gasteiger partial charge in [0.1, 0.15) is 13.1 Å². The molecule has 0 saturated carbocycles. The van der Waals surface area contributed by atoms with Gasteiger partial charge in [0.05, 0.1) is 0 Å². The van der Waals surface area contributed by atoms with E-state index in [0.717, 1.165) is 12.4 Å². The molecule has 0 aliphatic carbocycles. The average molecular weight is 172 g/mol. The maximum Gasteiger partial charge on any atom is 0.325 e. The van der Waals surface area contributed by atoms with Gasteiger partial charge in [0, 0.05) is 12.4 Å². The summed E-state index contributed by atoms with van der Waals surface area (Å²) in [5, 5.41) is 16.2. The number of rotatable bonds is 5. The van der Waals surface area contributed by atoms with Crippen molar-refractivity contribution >= 4 is 24.4 Å². The zero-order valence-electron chi connectivity index (χ0n) is 6.17. The number of hydrogen-bond acceptors (Lipinski definition) is 4. The van der Waals surface area contributed by atoms with Crippen LogP contribution in [0, 0.1) is 0 Å². The molecule has 0 saturated heterocycles. The molecule has 0 rings (SSSR count). The van der Waals surface area contributed by atoms with Crippen LogP contribution in [0.2, 0.25) is 0 Å². The molecule has 0 fully saturated rings. The highest BCUT2D eigenvalue weighted by Crippen LogP contribution is 1.69. The topological polar surface area (TPSA) is 99.3 Å². The molecular weight excluding hydrogens is 164 g/mol. The Labute approximate surface area is 68.3 Å². The van der Waals surface area contributed by atoms with E-state index in [2.05, 4.69) is 9.98 Å². The summed E-state index contributed by atoms with van der Waals surface area (Å²) in [6.45, 7) is -0.668. The second kappa shape index (κ2) is 6.02. The molecule has 0 radical (unpaired) electrons. The van der Waals surface area contributed by atoms with Gasteiger partial charge in [-0.2, -0.15) is 0 Å². The van der Waals surface area contributed by atoms with Crippen LogP contribution in [0.4, 0.5) is 0 Å². The number of nitrogens with zero attached hydrogens (tertiary/aromatic N) is 2. The number of carboxylic acid groups (broad SMARTS) is 2. The highest BCUT2D eigenvalue weighted by Gasteiger charge is 1.89. The third-order valence-electron chi connectivity index (χ3n) is 0.731. The molecule has 0 aliphatic rings. The molecule has 2 N–H and O–H groups in total. The normalized spacial score (nSPS) is 11.0. The van der Waals surface area contributed by atoms with Crippen molar-refractivity contribution in [3.8, 4) is 0 Å². The summed E-state index contributed by atoms with van der Waals surface area (Å²) >= 11 is 0. The standard InChI is InChI=1S/C6H8N2O4/c9-5(10)3-7-1-2-8-4-6(11)12/h1-2H,3-4H2,(H,9,10)(H,11,12). The first-order valence-corrected chi connectivity index (χ1v) is 3.04. The fourth-order valence-corrected chi connectivity index (χ4v) is 0.356. The number of aliphatic carboxylic acids is 2. The van der Waals surface area contributed by atoms with Crippen LogP contribution in [0.25, 0.3) is 0 Å². The summed E-state index contributed by atoms with van der Waals surface area (Å²) in [5.74, 6) is -2.09. The Kier molecular flexibility index (Phi) is 5.16. The van der Waals surface area contributed by atoms with Crippen molar-refractivity contribution in [2.75, 3.05) is 13.1 Å². The van der Waals surface area contributed by atoms with E-state index in [4.69, 9.17) is 10.2 Å². The van der Waals surface area contributed by atoms with Gasteiger partial charge in [-0.1, -0.05) is 0 Å². The minimum atomic E-state index is -1.04. The summed E-state index contributed by atoms with van der Waals surface area (Å²) in [5.41, 5.74) is 0. The van der Waals surface area contributed by atoms with Gasteiger partial charge >= 0.3 is 11.9 Å². The SMILES string of the molecule is O=C(O)CN=CC=NCC(=O)O. The van der Waals surface area contributed by atoms with Crippen molar-refractivity contribution < 1.29 is 19.8 Å². The van der Waals surface area contributed by atoms with Gasteiger partial charge in [-0.3, -0.25) is 19.6 Å². The third kappa shape index (κ3) is 8.28. The fourth-order valence-electron chi connectivity index (χ4n) is 0.356. The highest BCUT2D eigenvalue weighted by molar-refractivity contribution is 6.16. The lowest BCUT2D eigenvalue weighted by Crippen LogP contribution is -2.01. The van der Waals surface area contributed by atoms with Gasteiger partial charge in [-0.15, -0.1) is 0 Å². The Morgan fingerprint density at radius 3 is 1.58 bits per heavy atom. The van der Waals surface area contributed by atoms with Crippen LogP contribution in [-0.2, 0) is 9.59 Å². The summed E-state index contributed by atoms with van der Waals surface area (Å²) in [6, 6.07) is 0. The van der Waals surface area contributed by atoms with E-state index in [0.29, 0.717) is 0 Å². The molecule has 0 aromatic rings. The largest absolute Gasteiger partial charge is 0.480 e. The highest BCUT2D eigenvalue weighted by atomic mass is 16.4. The number of aliphatic imine (C=N–C) groups is 2. The molecule has 12 heavy (non-hydrogen) atoms. The van der Waals surface area contributed by atoms with Gasteiger partial charge in [-0.05, 0) is 0 Å². The average Bonchev–Trinajstić information content (AvgIpc) is 1.95. The lowest BCUT2D eigenvalue weighted by Gasteiger charge is -1.82. The van der Waals surface area contributed by atoms with E-state index in [1.165, 1.54) is 0 Å². The first kappa shape index (κ1) is 10.3. The second-order valence-electron chi connectivity index (χ2n) is 1.77. The molecule has 0 atom stereocenters. The summed E-state index contributed by atoms with van der Waals surface area (Å²) < 4.78 is 0. The van der Waals surface area contributed by atoms with E-state index < -0.39 is 11.9 Å². The monoisotopic (exact) mass is 172 g/mol. The van der Waals surface area contributed by atoms with Crippen molar-refractivity contribution in [2.24, 2.45) is 9.98 Å². The Balaban J connectivity index is 3.52. The van der Waals surface area contributed by atoms with Crippen LogP contribution < -0.4 is 0 Å². The lowest BCUT2D eigenvalue weighted by atomic mass is 10.6. The van der Waals surface area contributed by atoms with Crippen molar-refractivity contribution in [1.29, 1.82) is 0 Å². The molecule has 0 aliphatic heterocycles. The van der Waals surface area contributed by atoms with Gasteiger partial charge in [-0.25, -0.2) is 0 Å². The summed E-state index contributed by atoms with van der Waals surface area (Å²) in [6.07, 6.45) is 2.30. The molecule has 0 heterocycles. The Morgan fingerprint density at radius 1 is 1.00 bits per heavy atom. The van der Waals surface area contributed by atoms with Gasteiger partial charge in [0.15, 0.2) is 0 Å². The minimum absolute atomic E-state index is 0.334. The molecule has 0 amide bonds. The first-order chi connectivity index (χ1) is 5.63. The van der Waals surface area contributed by atoms with Crippen LogP contribution >= 0.6 is 0 Å². The number of carboxylic acids is 2. The van der Waals surface area contributed by atoms with E-state index in [-0.39, 0.29) is 13.1 Å². The predicted octanol–water partition coefficient (Wildman–Crippen LogP) is -0.703. The third-order valence-corrected chi connectivity index (χ3v) is 0.731. The molecule has 0 aromatic heterocycles. The van der Waals surface area contributed by atoms with Crippen LogP contribution in [0.15, 0.2) is 9.98 Å². The van der Waals surface area contributed by atoms with Crippen LogP contribution in [0.5, 0.6) is 0 Å². The minimum Gasteiger partial charge on any atom is -0.480 e. The maximum atomic E-state index is 9.89. The summed E-state index contributed by atoms with van der Waals surface area (Å²) in [7, 11) is 0. The van der Waals surface area contributed by atoms with E-state index in [9.17, 15) is 9.59 Å². The smallest absolute Gasteiger partial charge is 0.325 e. The molecule has 6 heteroatoms. The van der Waals surface area contributed by atoms with Gasteiger partial charge in [0.25, 0.3) is 0 Å². The number of hydrogen-bond donors (Lipinski definition) is 2. The molecule has 66 valence electrons. The van der Waals surface area contributed by atoms with E-state index in [1.54, 1.807) is 0 Å². The fraction of sp³-hybridized carbons (Fsp3) is 0.333. The molecular formula is C6H8N2O4. The molecule has 6 nitrogen and oxygen atoms in total. The van der Waals surface area contributed by atoms with Crippen LogP contribution in [0.3, 0.4) is 0 Å². The Bertz CT molecular complexity index is 198. The number of carbonyl (C=O) groups is 2. The van der Waals surface area contributed by atoms with Crippen molar-refractivity contribution in [1.82, 2.24) is 0 Å². The quantitative estimate of drug-likeness (QED) is 0.535. The second-order valence-corrected chi connectivity index (χ2v) is 1.77. The molecule has 0 bridgehead atoms. The van der Waals surface area contributed by atoms with Crippen molar-refractivity contribution in [3.05, 3.63) is 0 Å². The molecule has 0 unspecified atom stereocenters. The van der Waals surface area contributed by atoms with Gasteiger partial charge in [0.2, 0.25) is 0 Å². The lowest BCUT2D eigenvalue weighted by molar-refractivity contribution is -0.136. The maximum absolute atomic E-state index is 9.89. The van der Waals surface area contributed by atoms with E-state index >= 15 is 0 Å². The van der Waals surface area contributed by atoms with Crippen molar-refractivity contribution in [3.63, 3.8) is 0 Å². The molecule has 0 spiro atoms. The Hall–Kier alpha value is -1.72. The van der Waals surface area contributed by atoms with Crippen LogP contribution in [-0.4, -0.2) is 47.7 Å². The van der Waals surface area contributed by atoms with Crippen molar-refractivity contribution in [2.45, 2.75) is 0 Å². The Morgan fingerprint density at radius 2 is 1.33 bits per heavy atom. The summed E-state index contributed by atoms with van der Waals surface area (Å²) in [4.78, 5) is 26.6. The zero-order chi connectivity index (χ0) is 9.40. The van der Waals surface area contributed by atoms with E-state index in [1.807, 2.05) is 0 Å².